The van der Waals surface area contributed by atoms with Crippen molar-refractivity contribution in [2.75, 3.05) is 32.1 Å². The van der Waals surface area contributed by atoms with Gasteiger partial charge in [0.2, 0.25) is 0 Å². The summed E-state index contributed by atoms with van der Waals surface area (Å²) in [5.74, 6) is 1.32. The summed E-state index contributed by atoms with van der Waals surface area (Å²) >= 11 is 0. The Morgan fingerprint density at radius 1 is 0.966 bits per heavy atom. The first-order valence-electron chi connectivity index (χ1n) is 9.52. The van der Waals surface area contributed by atoms with Crippen molar-refractivity contribution in [1.29, 1.82) is 0 Å². The maximum atomic E-state index is 12.3. The summed E-state index contributed by atoms with van der Waals surface area (Å²) in [6.45, 7) is 1.55. The smallest absolute Gasteiger partial charge is 0.253 e. The predicted octanol–water partition coefficient (Wildman–Crippen LogP) is 3.55. The van der Waals surface area contributed by atoms with E-state index >= 15 is 0 Å². The number of benzene rings is 2. The number of anilines is 1. The van der Waals surface area contributed by atoms with E-state index < -0.39 is 0 Å². The molecule has 29 heavy (non-hydrogen) atoms. The van der Waals surface area contributed by atoms with Crippen LogP contribution in [0.25, 0.3) is 0 Å². The molecular weight excluding hydrogens is 366 g/mol. The zero-order valence-electron chi connectivity index (χ0n) is 16.4. The number of nitrogens with zero attached hydrogens (tertiary/aromatic N) is 1. The molecule has 0 aliphatic heterocycles. The molecule has 0 saturated heterocycles. The minimum Gasteiger partial charge on any atom is -0.497 e. The SMILES string of the molecule is COc1ccc(OCCNC(=O)c2cncc(NCCc3ccccc3)c2)cc1. The highest BCUT2D eigenvalue weighted by molar-refractivity contribution is 5.94. The second-order valence-corrected chi connectivity index (χ2v) is 6.40. The average molecular weight is 391 g/mol. The Kier molecular flexibility index (Phi) is 7.46. The second kappa shape index (κ2) is 10.7. The van der Waals surface area contributed by atoms with E-state index in [1.54, 1.807) is 25.6 Å². The number of aromatic nitrogens is 1. The van der Waals surface area contributed by atoms with Crippen LogP contribution in [0.4, 0.5) is 5.69 Å². The van der Waals surface area contributed by atoms with Gasteiger partial charge in [-0.15, -0.1) is 0 Å². The number of nitrogens with one attached hydrogen (secondary N) is 2. The van der Waals surface area contributed by atoms with Gasteiger partial charge < -0.3 is 20.1 Å². The van der Waals surface area contributed by atoms with E-state index in [4.69, 9.17) is 9.47 Å². The molecule has 0 unspecified atom stereocenters. The van der Waals surface area contributed by atoms with Crippen LogP contribution >= 0.6 is 0 Å². The summed E-state index contributed by atoms with van der Waals surface area (Å²) in [7, 11) is 1.62. The Labute approximate surface area is 170 Å². The first-order chi connectivity index (χ1) is 14.2. The van der Waals surface area contributed by atoms with Gasteiger partial charge in [0.1, 0.15) is 18.1 Å². The first kappa shape index (κ1) is 20.2. The molecule has 0 fully saturated rings. The number of carbonyl (C=O) groups is 1. The average Bonchev–Trinajstić information content (AvgIpc) is 2.78. The minimum absolute atomic E-state index is 0.178. The third kappa shape index (κ3) is 6.53. The maximum Gasteiger partial charge on any atom is 0.253 e. The molecule has 0 bridgehead atoms. The fourth-order valence-electron chi connectivity index (χ4n) is 2.76. The lowest BCUT2D eigenvalue weighted by atomic mass is 10.1. The molecule has 0 saturated carbocycles. The number of carbonyl (C=O) groups excluding carboxylic acids is 1. The normalized spacial score (nSPS) is 10.2. The van der Waals surface area contributed by atoms with Crippen molar-refractivity contribution < 1.29 is 14.3 Å². The van der Waals surface area contributed by atoms with Gasteiger partial charge in [0.05, 0.1) is 24.9 Å². The summed E-state index contributed by atoms with van der Waals surface area (Å²) in [4.78, 5) is 16.5. The van der Waals surface area contributed by atoms with Gasteiger partial charge in [-0.3, -0.25) is 9.78 Å². The molecule has 150 valence electrons. The number of hydrogen-bond acceptors (Lipinski definition) is 5. The van der Waals surface area contributed by atoms with Gasteiger partial charge in [0.15, 0.2) is 0 Å². The van der Waals surface area contributed by atoms with E-state index in [0.717, 1.165) is 30.2 Å². The summed E-state index contributed by atoms with van der Waals surface area (Å²) < 4.78 is 10.7. The van der Waals surface area contributed by atoms with E-state index in [2.05, 4.69) is 27.8 Å². The Morgan fingerprint density at radius 2 is 1.72 bits per heavy atom. The lowest BCUT2D eigenvalue weighted by molar-refractivity contribution is 0.0946. The number of pyridine rings is 1. The molecule has 1 heterocycles. The van der Waals surface area contributed by atoms with Crippen LogP contribution in [-0.2, 0) is 6.42 Å². The minimum atomic E-state index is -0.178. The Balaban J connectivity index is 1.41. The summed E-state index contributed by atoms with van der Waals surface area (Å²) in [6, 6.07) is 19.4. The summed E-state index contributed by atoms with van der Waals surface area (Å²) in [5.41, 5.74) is 2.60. The Bertz CT molecular complexity index is 899. The van der Waals surface area contributed by atoms with Crippen LogP contribution in [0.1, 0.15) is 15.9 Å². The van der Waals surface area contributed by atoms with E-state index in [1.165, 1.54) is 5.56 Å². The van der Waals surface area contributed by atoms with Crippen molar-refractivity contribution >= 4 is 11.6 Å². The molecule has 6 heteroatoms. The molecule has 0 aliphatic rings. The van der Waals surface area contributed by atoms with Gasteiger partial charge >= 0.3 is 0 Å². The highest BCUT2D eigenvalue weighted by Crippen LogP contribution is 2.16. The number of amides is 1. The standard InChI is InChI=1S/C23H25N3O3/c1-28-21-7-9-22(10-8-21)29-14-13-26-23(27)19-15-20(17-24-16-19)25-12-11-18-5-3-2-4-6-18/h2-10,15-17,25H,11-14H2,1H3,(H,26,27). The topological polar surface area (TPSA) is 72.5 Å². The van der Waals surface area contributed by atoms with Crippen LogP contribution in [-0.4, -0.2) is 37.7 Å². The molecule has 3 rings (SSSR count). The van der Waals surface area contributed by atoms with E-state index in [9.17, 15) is 4.79 Å². The molecule has 6 nitrogen and oxygen atoms in total. The molecule has 1 aromatic heterocycles. The third-order valence-electron chi connectivity index (χ3n) is 4.30. The van der Waals surface area contributed by atoms with Crippen molar-refractivity contribution in [1.82, 2.24) is 10.3 Å². The monoisotopic (exact) mass is 391 g/mol. The van der Waals surface area contributed by atoms with Gasteiger partial charge in [0, 0.05) is 18.9 Å². The summed E-state index contributed by atoms with van der Waals surface area (Å²) in [5, 5.41) is 6.15. The van der Waals surface area contributed by atoms with Gasteiger partial charge in [-0.2, -0.15) is 0 Å². The third-order valence-corrected chi connectivity index (χ3v) is 4.30. The van der Waals surface area contributed by atoms with E-state index in [-0.39, 0.29) is 5.91 Å². The van der Waals surface area contributed by atoms with Crippen LogP contribution in [0.2, 0.25) is 0 Å². The van der Waals surface area contributed by atoms with Gasteiger partial charge in [-0.05, 0) is 42.3 Å². The van der Waals surface area contributed by atoms with Crippen molar-refractivity contribution in [2.45, 2.75) is 6.42 Å². The molecule has 0 atom stereocenters. The van der Waals surface area contributed by atoms with Gasteiger partial charge in [0.25, 0.3) is 5.91 Å². The molecular formula is C23H25N3O3. The van der Waals surface area contributed by atoms with Crippen molar-refractivity contribution in [3.05, 3.63) is 84.2 Å². The van der Waals surface area contributed by atoms with Crippen LogP contribution in [0.5, 0.6) is 11.5 Å². The Morgan fingerprint density at radius 3 is 2.48 bits per heavy atom. The number of methoxy groups -OCH3 is 1. The lowest BCUT2D eigenvalue weighted by Gasteiger charge is -2.10. The predicted molar refractivity (Wildman–Crippen MR) is 114 cm³/mol. The van der Waals surface area contributed by atoms with Gasteiger partial charge in [-0.25, -0.2) is 0 Å². The van der Waals surface area contributed by atoms with Crippen molar-refractivity contribution in [3.63, 3.8) is 0 Å². The fraction of sp³-hybridized carbons (Fsp3) is 0.217. The van der Waals surface area contributed by atoms with E-state index in [1.807, 2.05) is 42.5 Å². The zero-order valence-corrected chi connectivity index (χ0v) is 16.4. The molecule has 1 amide bonds. The highest BCUT2D eigenvalue weighted by Gasteiger charge is 2.07. The quantitative estimate of drug-likeness (QED) is 0.517. The van der Waals surface area contributed by atoms with E-state index in [0.29, 0.717) is 18.7 Å². The van der Waals surface area contributed by atoms with Crippen LogP contribution in [0, 0.1) is 0 Å². The van der Waals surface area contributed by atoms with Crippen LogP contribution in [0.3, 0.4) is 0 Å². The molecule has 2 N–H and O–H groups in total. The van der Waals surface area contributed by atoms with Crippen molar-refractivity contribution in [3.8, 4) is 11.5 Å². The molecule has 2 aromatic carbocycles. The van der Waals surface area contributed by atoms with Crippen molar-refractivity contribution in [2.24, 2.45) is 0 Å². The van der Waals surface area contributed by atoms with Gasteiger partial charge in [-0.1, -0.05) is 30.3 Å². The molecule has 0 radical (unpaired) electrons. The second-order valence-electron chi connectivity index (χ2n) is 6.40. The lowest BCUT2D eigenvalue weighted by Crippen LogP contribution is -2.28. The number of ether oxygens (including phenoxy) is 2. The van der Waals surface area contributed by atoms with Crippen LogP contribution < -0.4 is 20.1 Å². The number of rotatable bonds is 10. The largest absolute Gasteiger partial charge is 0.497 e. The fourth-order valence-corrected chi connectivity index (χ4v) is 2.76. The first-order valence-corrected chi connectivity index (χ1v) is 9.52. The highest BCUT2D eigenvalue weighted by atomic mass is 16.5. The summed E-state index contributed by atoms with van der Waals surface area (Å²) in [6.07, 6.45) is 4.18. The molecule has 0 spiro atoms. The maximum absolute atomic E-state index is 12.3. The zero-order chi connectivity index (χ0) is 20.3. The molecule has 3 aromatic rings. The van der Waals surface area contributed by atoms with Crippen LogP contribution in [0.15, 0.2) is 73.1 Å². The molecule has 0 aliphatic carbocycles. The Hall–Kier alpha value is -3.54. The number of hydrogen-bond donors (Lipinski definition) is 2.